The molecule has 138 valence electrons. The number of hydrogen-bond acceptors (Lipinski definition) is 4. The standard InChI is InChI=1S/C19H22FN3O3/c1-2-14-17(19(25)26)18(24)12-9-13(20)16(22-7-5-21-6-8-22)10-15(12)23(14)11-3-4-11/h9-11,21H,2-8H2,1H3,(H,25,26). The molecule has 1 aliphatic carbocycles. The fourth-order valence-corrected chi connectivity index (χ4v) is 3.93. The van der Waals surface area contributed by atoms with E-state index in [-0.39, 0.29) is 17.0 Å². The normalized spacial score (nSPS) is 17.7. The molecule has 1 saturated carbocycles. The van der Waals surface area contributed by atoms with Crippen molar-refractivity contribution in [2.24, 2.45) is 0 Å². The van der Waals surface area contributed by atoms with E-state index >= 15 is 0 Å². The van der Waals surface area contributed by atoms with Gasteiger partial charge in [0.25, 0.3) is 0 Å². The van der Waals surface area contributed by atoms with Crippen LogP contribution in [-0.2, 0) is 6.42 Å². The van der Waals surface area contributed by atoms with Gasteiger partial charge >= 0.3 is 5.97 Å². The maximum Gasteiger partial charge on any atom is 0.341 e. The van der Waals surface area contributed by atoms with E-state index in [1.807, 2.05) is 16.4 Å². The predicted molar refractivity (Wildman–Crippen MR) is 97.9 cm³/mol. The Bertz CT molecular complexity index is 943. The van der Waals surface area contributed by atoms with Gasteiger partial charge in [-0.25, -0.2) is 9.18 Å². The van der Waals surface area contributed by atoms with E-state index in [2.05, 4.69) is 5.32 Å². The molecule has 0 unspecified atom stereocenters. The van der Waals surface area contributed by atoms with Crippen molar-refractivity contribution in [2.75, 3.05) is 31.1 Å². The molecule has 0 bridgehead atoms. The Morgan fingerprint density at radius 1 is 1.31 bits per heavy atom. The van der Waals surface area contributed by atoms with Gasteiger partial charge in [0.05, 0.1) is 11.2 Å². The zero-order valence-electron chi connectivity index (χ0n) is 14.7. The van der Waals surface area contributed by atoms with Crippen LogP contribution in [0.2, 0.25) is 0 Å². The van der Waals surface area contributed by atoms with Crippen molar-refractivity contribution in [3.8, 4) is 0 Å². The lowest BCUT2D eigenvalue weighted by atomic mass is 10.0. The Labute approximate surface area is 150 Å². The highest BCUT2D eigenvalue weighted by Crippen LogP contribution is 2.40. The van der Waals surface area contributed by atoms with Gasteiger partial charge in [-0.2, -0.15) is 0 Å². The lowest BCUT2D eigenvalue weighted by Crippen LogP contribution is -2.44. The number of piperazine rings is 1. The van der Waals surface area contributed by atoms with Crippen LogP contribution in [0.25, 0.3) is 10.9 Å². The SMILES string of the molecule is CCc1c(C(=O)O)c(=O)c2cc(F)c(N3CCNCC3)cc2n1C1CC1. The number of nitrogens with one attached hydrogen (secondary N) is 1. The van der Waals surface area contributed by atoms with Crippen molar-refractivity contribution in [1.29, 1.82) is 0 Å². The Morgan fingerprint density at radius 3 is 2.58 bits per heavy atom. The van der Waals surface area contributed by atoms with Gasteiger partial charge in [-0.1, -0.05) is 6.92 Å². The molecule has 4 rings (SSSR count). The maximum absolute atomic E-state index is 14.8. The Balaban J connectivity index is 2.02. The Hall–Kier alpha value is -2.41. The van der Waals surface area contributed by atoms with Crippen LogP contribution in [0.4, 0.5) is 10.1 Å². The second-order valence-corrected chi connectivity index (χ2v) is 6.97. The van der Waals surface area contributed by atoms with Crippen molar-refractivity contribution in [2.45, 2.75) is 32.2 Å². The van der Waals surface area contributed by atoms with Gasteiger partial charge in [0.1, 0.15) is 11.4 Å². The monoisotopic (exact) mass is 359 g/mol. The van der Waals surface area contributed by atoms with Crippen LogP contribution in [0.15, 0.2) is 16.9 Å². The minimum atomic E-state index is -1.24. The van der Waals surface area contributed by atoms with E-state index in [4.69, 9.17) is 0 Å². The van der Waals surface area contributed by atoms with Crippen LogP contribution in [-0.4, -0.2) is 41.8 Å². The molecule has 7 heteroatoms. The summed E-state index contributed by atoms with van der Waals surface area (Å²) >= 11 is 0. The highest BCUT2D eigenvalue weighted by molar-refractivity contribution is 5.95. The Morgan fingerprint density at radius 2 is 2.00 bits per heavy atom. The first-order valence-corrected chi connectivity index (χ1v) is 9.12. The topological polar surface area (TPSA) is 74.6 Å². The zero-order valence-corrected chi connectivity index (χ0v) is 14.7. The van der Waals surface area contributed by atoms with E-state index in [1.165, 1.54) is 6.07 Å². The van der Waals surface area contributed by atoms with Crippen molar-refractivity contribution >= 4 is 22.6 Å². The molecule has 1 saturated heterocycles. The van der Waals surface area contributed by atoms with Gasteiger partial charge in [-0.15, -0.1) is 0 Å². The summed E-state index contributed by atoms with van der Waals surface area (Å²) in [5, 5.41) is 13.0. The molecule has 0 amide bonds. The smallest absolute Gasteiger partial charge is 0.341 e. The third kappa shape index (κ3) is 2.67. The maximum atomic E-state index is 14.8. The largest absolute Gasteiger partial charge is 0.477 e. The molecule has 1 aromatic carbocycles. The number of rotatable bonds is 4. The number of pyridine rings is 1. The van der Waals surface area contributed by atoms with Crippen LogP contribution in [0.5, 0.6) is 0 Å². The molecule has 0 spiro atoms. The fourth-order valence-electron chi connectivity index (χ4n) is 3.93. The highest BCUT2D eigenvalue weighted by Gasteiger charge is 2.31. The molecule has 26 heavy (non-hydrogen) atoms. The summed E-state index contributed by atoms with van der Waals surface area (Å²) < 4.78 is 16.8. The predicted octanol–water partition coefficient (Wildman–Crippen LogP) is 2.15. The number of anilines is 1. The minimum absolute atomic E-state index is 0.155. The Kier molecular flexibility index (Phi) is 4.19. The number of hydrogen-bond donors (Lipinski definition) is 2. The number of carboxylic acid groups (broad SMARTS) is 1. The molecule has 2 aromatic rings. The fraction of sp³-hybridized carbons (Fsp3) is 0.474. The number of nitrogens with zero attached hydrogens (tertiary/aromatic N) is 2. The number of aromatic carboxylic acids is 1. The summed E-state index contributed by atoms with van der Waals surface area (Å²) in [5.74, 6) is -1.71. The quantitative estimate of drug-likeness (QED) is 0.875. The first-order valence-electron chi connectivity index (χ1n) is 9.12. The number of aromatic nitrogens is 1. The highest BCUT2D eigenvalue weighted by atomic mass is 19.1. The molecule has 0 atom stereocenters. The summed E-state index contributed by atoms with van der Waals surface area (Å²) in [6, 6.07) is 3.15. The van der Waals surface area contributed by atoms with Gasteiger partial charge in [0.15, 0.2) is 0 Å². The summed E-state index contributed by atoms with van der Waals surface area (Å²) in [7, 11) is 0. The minimum Gasteiger partial charge on any atom is -0.477 e. The van der Waals surface area contributed by atoms with E-state index in [0.29, 0.717) is 36.4 Å². The second kappa shape index (κ2) is 6.39. The first kappa shape index (κ1) is 17.0. The molecule has 1 aromatic heterocycles. The van der Waals surface area contributed by atoms with Crippen LogP contribution in [0.1, 0.15) is 41.9 Å². The van der Waals surface area contributed by atoms with Crippen LogP contribution in [0, 0.1) is 5.82 Å². The molecule has 1 aliphatic heterocycles. The number of carboxylic acids is 1. The number of carbonyl (C=O) groups is 1. The average molecular weight is 359 g/mol. The molecule has 6 nitrogen and oxygen atoms in total. The van der Waals surface area contributed by atoms with E-state index < -0.39 is 17.2 Å². The average Bonchev–Trinajstić information content (AvgIpc) is 3.46. The molecule has 2 fully saturated rings. The van der Waals surface area contributed by atoms with Gasteiger partial charge in [-0.3, -0.25) is 4.79 Å². The lowest BCUT2D eigenvalue weighted by Gasteiger charge is -2.30. The molecular formula is C19H22FN3O3. The van der Waals surface area contributed by atoms with Gasteiger partial charge in [-0.05, 0) is 31.4 Å². The van der Waals surface area contributed by atoms with Crippen molar-refractivity contribution in [3.05, 3.63) is 39.4 Å². The number of halogens is 1. The summed E-state index contributed by atoms with van der Waals surface area (Å²) in [5.41, 5.74) is 0.857. The number of fused-ring (bicyclic) bond motifs is 1. The number of benzene rings is 1. The zero-order chi connectivity index (χ0) is 18.4. The van der Waals surface area contributed by atoms with Gasteiger partial charge in [0.2, 0.25) is 5.43 Å². The van der Waals surface area contributed by atoms with E-state index in [0.717, 1.165) is 25.9 Å². The molecule has 0 radical (unpaired) electrons. The molecule has 2 aliphatic rings. The van der Waals surface area contributed by atoms with Crippen molar-refractivity contribution in [1.82, 2.24) is 9.88 Å². The van der Waals surface area contributed by atoms with E-state index in [9.17, 15) is 19.1 Å². The summed E-state index contributed by atoms with van der Waals surface area (Å²) in [6.45, 7) is 4.82. The first-order chi connectivity index (χ1) is 12.5. The van der Waals surface area contributed by atoms with Crippen molar-refractivity contribution in [3.63, 3.8) is 0 Å². The van der Waals surface area contributed by atoms with E-state index in [1.54, 1.807) is 6.07 Å². The van der Waals surface area contributed by atoms with Gasteiger partial charge in [0, 0.05) is 43.3 Å². The van der Waals surface area contributed by atoms with Gasteiger partial charge < -0.3 is 19.9 Å². The van der Waals surface area contributed by atoms with Crippen LogP contribution in [0.3, 0.4) is 0 Å². The van der Waals surface area contributed by atoms with Crippen LogP contribution < -0.4 is 15.6 Å². The summed E-state index contributed by atoms with van der Waals surface area (Å²) in [4.78, 5) is 26.5. The lowest BCUT2D eigenvalue weighted by molar-refractivity contribution is 0.0693. The van der Waals surface area contributed by atoms with Crippen molar-refractivity contribution < 1.29 is 14.3 Å². The second-order valence-electron chi connectivity index (χ2n) is 6.97. The third-order valence-corrected chi connectivity index (χ3v) is 5.29. The summed E-state index contributed by atoms with van der Waals surface area (Å²) in [6.07, 6.45) is 2.35. The third-order valence-electron chi connectivity index (χ3n) is 5.29. The van der Waals surface area contributed by atoms with Crippen LogP contribution >= 0.6 is 0 Å². The molecular weight excluding hydrogens is 337 g/mol. The molecule has 2 heterocycles. The molecule has 2 N–H and O–H groups in total.